The van der Waals surface area contributed by atoms with Crippen molar-refractivity contribution >= 4 is 12.0 Å². The van der Waals surface area contributed by atoms with Crippen LogP contribution in [0.5, 0.6) is 0 Å². The Morgan fingerprint density at radius 1 is 1.39 bits per heavy atom. The number of piperazine rings is 1. The molecule has 2 atom stereocenters. The molecule has 1 unspecified atom stereocenters. The number of carboxylic acid groups (broad SMARTS) is 1. The lowest BCUT2D eigenvalue weighted by molar-refractivity contribution is -0.138. The van der Waals surface area contributed by atoms with E-state index < -0.39 is 18.0 Å². The van der Waals surface area contributed by atoms with E-state index in [2.05, 4.69) is 20.4 Å². The number of carbonyl (C=O) groups is 2. The Kier molecular flexibility index (Phi) is 5.36. The minimum Gasteiger partial charge on any atom is -0.480 e. The van der Waals surface area contributed by atoms with E-state index in [1.165, 1.54) is 6.92 Å². The molecule has 2 amide bonds. The highest BCUT2D eigenvalue weighted by molar-refractivity contribution is 5.82. The summed E-state index contributed by atoms with van der Waals surface area (Å²) in [7, 11) is 4.07. The van der Waals surface area contributed by atoms with Crippen LogP contribution in [0.4, 0.5) is 4.79 Å². The van der Waals surface area contributed by atoms with Gasteiger partial charge in [-0.25, -0.2) is 4.79 Å². The van der Waals surface area contributed by atoms with Crippen molar-refractivity contribution < 1.29 is 14.7 Å². The SMILES string of the molecule is C[C@H](NC(=O)NCC1CN(C)CCN1C)C(=O)O. The van der Waals surface area contributed by atoms with E-state index in [9.17, 15) is 9.59 Å². The van der Waals surface area contributed by atoms with E-state index in [4.69, 9.17) is 5.11 Å². The molecular formula is C11H22N4O3. The summed E-state index contributed by atoms with van der Waals surface area (Å²) in [6.45, 7) is 4.83. The molecule has 18 heavy (non-hydrogen) atoms. The normalized spacial score (nSPS) is 23.4. The van der Waals surface area contributed by atoms with Crippen molar-refractivity contribution in [3.05, 3.63) is 0 Å². The summed E-state index contributed by atoms with van der Waals surface area (Å²) in [5.74, 6) is -1.04. The monoisotopic (exact) mass is 258 g/mol. The van der Waals surface area contributed by atoms with Gasteiger partial charge in [0.25, 0.3) is 0 Å². The van der Waals surface area contributed by atoms with Crippen molar-refractivity contribution in [2.45, 2.75) is 19.0 Å². The zero-order chi connectivity index (χ0) is 13.7. The number of nitrogens with one attached hydrogen (secondary N) is 2. The molecule has 7 heteroatoms. The van der Waals surface area contributed by atoms with Crippen molar-refractivity contribution in [2.75, 3.05) is 40.3 Å². The van der Waals surface area contributed by atoms with Crippen LogP contribution in [0.2, 0.25) is 0 Å². The molecule has 0 bridgehead atoms. The van der Waals surface area contributed by atoms with Crippen molar-refractivity contribution in [1.29, 1.82) is 0 Å². The largest absolute Gasteiger partial charge is 0.480 e. The molecule has 0 aliphatic carbocycles. The second-order valence-corrected chi connectivity index (χ2v) is 4.81. The minimum absolute atomic E-state index is 0.259. The summed E-state index contributed by atoms with van der Waals surface area (Å²) < 4.78 is 0. The Bertz CT molecular complexity index is 311. The number of carboxylic acids is 1. The average Bonchev–Trinajstić information content (AvgIpc) is 2.30. The molecule has 104 valence electrons. The quantitative estimate of drug-likeness (QED) is 0.602. The molecule has 3 N–H and O–H groups in total. The molecule has 0 saturated carbocycles. The Morgan fingerprint density at radius 3 is 2.67 bits per heavy atom. The highest BCUT2D eigenvalue weighted by Crippen LogP contribution is 2.04. The summed E-state index contributed by atoms with van der Waals surface area (Å²) in [6, 6.07) is -1.06. The van der Waals surface area contributed by atoms with Crippen LogP contribution >= 0.6 is 0 Å². The number of carbonyl (C=O) groups excluding carboxylic acids is 1. The van der Waals surface area contributed by atoms with Gasteiger partial charge in [-0.1, -0.05) is 0 Å². The maximum Gasteiger partial charge on any atom is 0.325 e. The molecule has 7 nitrogen and oxygen atoms in total. The second kappa shape index (κ2) is 6.55. The summed E-state index contributed by atoms with van der Waals surface area (Å²) in [4.78, 5) is 26.5. The van der Waals surface area contributed by atoms with Gasteiger partial charge in [-0.05, 0) is 21.0 Å². The predicted molar refractivity (Wildman–Crippen MR) is 67.5 cm³/mol. The molecule has 0 spiro atoms. The van der Waals surface area contributed by atoms with Gasteiger partial charge in [0.15, 0.2) is 0 Å². The second-order valence-electron chi connectivity index (χ2n) is 4.81. The fourth-order valence-electron chi connectivity index (χ4n) is 1.84. The molecule has 0 radical (unpaired) electrons. The lowest BCUT2D eigenvalue weighted by Crippen LogP contribution is -2.55. The topological polar surface area (TPSA) is 84.9 Å². The minimum atomic E-state index is -1.04. The number of amides is 2. The van der Waals surface area contributed by atoms with Gasteiger partial charge in [0.2, 0.25) is 0 Å². The summed E-state index contributed by atoms with van der Waals surface area (Å²) in [5.41, 5.74) is 0. The van der Waals surface area contributed by atoms with Crippen LogP contribution in [-0.4, -0.2) is 79.3 Å². The predicted octanol–water partition coefficient (Wildman–Crippen LogP) is -0.995. The van der Waals surface area contributed by atoms with Gasteiger partial charge in [-0.2, -0.15) is 0 Å². The molecule has 1 fully saturated rings. The average molecular weight is 258 g/mol. The van der Waals surface area contributed by atoms with Gasteiger partial charge in [0, 0.05) is 32.2 Å². The first-order valence-electron chi connectivity index (χ1n) is 6.06. The lowest BCUT2D eigenvalue weighted by atomic mass is 10.2. The van der Waals surface area contributed by atoms with Crippen LogP contribution in [-0.2, 0) is 4.79 Å². The fraction of sp³-hybridized carbons (Fsp3) is 0.818. The van der Waals surface area contributed by atoms with Gasteiger partial charge >= 0.3 is 12.0 Å². The molecule has 1 heterocycles. The summed E-state index contributed by atoms with van der Waals surface area (Å²) in [6.07, 6.45) is 0. The molecule has 0 aromatic rings. The van der Waals surface area contributed by atoms with Crippen molar-refractivity contribution in [3.63, 3.8) is 0 Å². The van der Waals surface area contributed by atoms with Crippen LogP contribution < -0.4 is 10.6 Å². The van der Waals surface area contributed by atoms with E-state index in [1.807, 2.05) is 14.1 Å². The highest BCUT2D eigenvalue weighted by atomic mass is 16.4. The van der Waals surface area contributed by atoms with Gasteiger partial charge in [0.1, 0.15) is 6.04 Å². The number of nitrogens with zero attached hydrogens (tertiary/aromatic N) is 2. The first kappa shape index (κ1) is 14.7. The molecule has 0 aromatic heterocycles. The molecule has 1 rings (SSSR count). The lowest BCUT2D eigenvalue weighted by Gasteiger charge is -2.37. The number of hydrogen-bond acceptors (Lipinski definition) is 4. The van der Waals surface area contributed by atoms with Crippen LogP contribution in [0.3, 0.4) is 0 Å². The Labute approximate surface area is 107 Å². The Balaban J connectivity index is 2.31. The molecule has 1 saturated heterocycles. The number of aliphatic carboxylic acids is 1. The maximum atomic E-state index is 11.5. The molecule has 1 aliphatic rings. The van der Waals surface area contributed by atoms with Gasteiger partial charge < -0.3 is 20.6 Å². The standard InChI is InChI=1S/C11H22N4O3/c1-8(10(16)17)13-11(18)12-6-9-7-14(2)4-5-15(9)3/h8-9H,4-7H2,1-3H3,(H,16,17)(H2,12,13,18)/t8-,9?/m0/s1. The first-order chi connectivity index (χ1) is 8.40. The smallest absolute Gasteiger partial charge is 0.325 e. The van der Waals surface area contributed by atoms with Crippen LogP contribution in [0.25, 0.3) is 0 Å². The van der Waals surface area contributed by atoms with Gasteiger partial charge in [0.05, 0.1) is 0 Å². The van der Waals surface area contributed by atoms with Gasteiger partial charge in [-0.15, -0.1) is 0 Å². The number of hydrogen-bond donors (Lipinski definition) is 3. The van der Waals surface area contributed by atoms with Crippen molar-refractivity contribution in [1.82, 2.24) is 20.4 Å². The number of likely N-dealkylation sites (N-methyl/N-ethyl adjacent to an activating group) is 2. The third-order valence-corrected chi connectivity index (χ3v) is 3.20. The van der Waals surface area contributed by atoms with E-state index in [0.717, 1.165) is 19.6 Å². The van der Waals surface area contributed by atoms with Crippen LogP contribution in [0.15, 0.2) is 0 Å². The molecule has 0 aromatic carbocycles. The zero-order valence-corrected chi connectivity index (χ0v) is 11.1. The van der Waals surface area contributed by atoms with Gasteiger partial charge in [-0.3, -0.25) is 9.69 Å². The fourth-order valence-corrected chi connectivity index (χ4v) is 1.84. The van der Waals surface area contributed by atoms with E-state index in [0.29, 0.717) is 6.54 Å². The molecule has 1 aliphatic heterocycles. The van der Waals surface area contributed by atoms with Crippen LogP contribution in [0, 0.1) is 0 Å². The number of rotatable bonds is 4. The maximum absolute atomic E-state index is 11.5. The van der Waals surface area contributed by atoms with Crippen LogP contribution in [0.1, 0.15) is 6.92 Å². The Hall–Kier alpha value is -1.34. The number of urea groups is 1. The zero-order valence-electron chi connectivity index (χ0n) is 11.1. The van der Waals surface area contributed by atoms with E-state index >= 15 is 0 Å². The molecular weight excluding hydrogens is 236 g/mol. The van der Waals surface area contributed by atoms with E-state index in [1.54, 1.807) is 0 Å². The first-order valence-corrected chi connectivity index (χ1v) is 6.06. The Morgan fingerprint density at radius 2 is 2.06 bits per heavy atom. The third-order valence-electron chi connectivity index (χ3n) is 3.20. The van der Waals surface area contributed by atoms with Crippen molar-refractivity contribution in [2.24, 2.45) is 0 Å². The third kappa shape index (κ3) is 4.50. The summed E-state index contributed by atoms with van der Waals surface area (Å²) >= 11 is 0. The van der Waals surface area contributed by atoms with E-state index in [-0.39, 0.29) is 6.04 Å². The van der Waals surface area contributed by atoms with Crippen molar-refractivity contribution in [3.8, 4) is 0 Å². The highest BCUT2D eigenvalue weighted by Gasteiger charge is 2.22. The summed E-state index contributed by atoms with van der Waals surface area (Å²) in [5, 5.41) is 13.7.